The van der Waals surface area contributed by atoms with Crippen LogP contribution in [0.5, 0.6) is 0 Å². The van der Waals surface area contributed by atoms with Gasteiger partial charge in [-0.15, -0.1) is 0 Å². The van der Waals surface area contributed by atoms with Gasteiger partial charge < -0.3 is 10.4 Å². The molecule has 0 aromatic heterocycles. The molecule has 0 saturated carbocycles. The lowest BCUT2D eigenvalue weighted by atomic mass is 10.0. The Hall–Kier alpha value is -0.610. The van der Waals surface area contributed by atoms with Crippen LogP contribution in [0.4, 0.5) is 0 Å². The molecule has 4 heteroatoms. The average Bonchev–Trinajstić information content (AvgIpc) is 2.23. The molecule has 0 aliphatic heterocycles. The Morgan fingerprint density at radius 3 is 2.28 bits per heavy atom. The first-order valence-electron chi connectivity index (χ1n) is 6.97. The van der Waals surface area contributed by atoms with Crippen LogP contribution in [0.25, 0.3) is 0 Å². The van der Waals surface area contributed by atoms with Gasteiger partial charge >= 0.3 is 0 Å². The first-order chi connectivity index (χ1) is 8.31. The van der Waals surface area contributed by atoms with Crippen molar-refractivity contribution in [3.8, 4) is 0 Å². The molecule has 1 amide bonds. The molecule has 108 valence electrons. The molecule has 0 bridgehead atoms. The van der Waals surface area contributed by atoms with Crippen molar-refractivity contribution in [3.05, 3.63) is 0 Å². The second-order valence-electron chi connectivity index (χ2n) is 5.82. The SMILES string of the molecule is CC(C)CCC(C)NC(=O)CN(C)CCC(C)O. The predicted octanol–water partition coefficient (Wildman–Crippen LogP) is 1.63. The van der Waals surface area contributed by atoms with Crippen LogP contribution < -0.4 is 5.32 Å². The zero-order chi connectivity index (χ0) is 14.1. The summed E-state index contributed by atoms with van der Waals surface area (Å²) in [6.45, 7) is 9.35. The van der Waals surface area contributed by atoms with Gasteiger partial charge in [-0.2, -0.15) is 0 Å². The van der Waals surface area contributed by atoms with E-state index in [0.29, 0.717) is 18.9 Å². The zero-order valence-corrected chi connectivity index (χ0v) is 12.6. The van der Waals surface area contributed by atoms with E-state index in [9.17, 15) is 9.90 Å². The summed E-state index contributed by atoms with van der Waals surface area (Å²) in [5.41, 5.74) is 0. The quantitative estimate of drug-likeness (QED) is 0.661. The van der Waals surface area contributed by atoms with Crippen LogP contribution >= 0.6 is 0 Å². The lowest BCUT2D eigenvalue weighted by Gasteiger charge is -2.20. The Balaban J connectivity index is 3.74. The van der Waals surface area contributed by atoms with Crippen LogP contribution in [0.2, 0.25) is 0 Å². The normalized spacial score (nSPS) is 14.9. The summed E-state index contributed by atoms with van der Waals surface area (Å²) in [5, 5.41) is 12.2. The molecular formula is C14H30N2O2. The first kappa shape index (κ1) is 17.4. The van der Waals surface area contributed by atoms with E-state index < -0.39 is 0 Å². The lowest BCUT2D eigenvalue weighted by molar-refractivity contribution is -0.122. The number of likely N-dealkylation sites (N-methyl/N-ethyl adjacent to an activating group) is 1. The van der Waals surface area contributed by atoms with E-state index >= 15 is 0 Å². The Kier molecular flexibility index (Phi) is 9.02. The third kappa shape index (κ3) is 10.5. The molecule has 0 heterocycles. The van der Waals surface area contributed by atoms with Crippen LogP contribution in [0.3, 0.4) is 0 Å². The standard InChI is InChI=1S/C14H30N2O2/c1-11(2)6-7-12(3)15-14(18)10-16(5)9-8-13(4)17/h11-13,17H,6-10H2,1-5H3,(H,15,18). The number of aliphatic hydroxyl groups is 1. The fourth-order valence-electron chi connectivity index (χ4n) is 1.71. The third-order valence-electron chi connectivity index (χ3n) is 2.93. The number of rotatable bonds is 9. The van der Waals surface area contributed by atoms with Gasteiger partial charge in [0, 0.05) is 12.6 Å². The maximum absolute atomic E-state index is 11.7. The maximum Gasteiger partial charge on any atom is 0.234 e. The zero-order valence-electron chi connectivity index (χ0n) is 12.6. The van der Waals surface area contributed by atoms with E-state index in [-0.39, 0.29) is 18.1 Å². The Morgan fingerprint density at radius 2 is 1.78 bits per heavy atom. The Labute approximate surface area is 112 Å². The van der Waals surface area contributed by atoms with Crippen molar-refractivity contribution in [2.24, 2.45) is 5.92 Å². The smallest absolute Gasteiger partial charge is 0.234 e. The maximum atomic E-state index is 11.7. The molecular weight excluding hydrogens is 228 g/mol. The molecule has 0 rings (SSSR count). The van der Waals surface area contributed by atoms with Crippen LogP contribution in [0, 0.1) is 5.92 Å². The monoisotopic (exact) mass is 258 g/mol. The van der Waals surface area contributed by atoms with Gasteiger partial charge in [0.25, 0.3) is 0 Å². The molecule has 0 spiro atoms. The number of hydrogen-bond acceptors (Lipinski definition) is 3. The topological polar surface area (TPSA) is 52.6 Å². The number of carbonyl (C=O) groups is 1. The molecule has 0 aliphatic rings. The molecule has 0 fully saturated rings. The third-order valence-corrected chi connectivity index (χ3v) is 2.93. The van der Waals surface area contributed by atoms with Crippen molar-refractivity contribution >= 4 is 5.91 Å². The van der Waals surface area contributed by atoms with Crippen molar-refractivity contribution in [1.29, 1.82) is 0 Å². The highest BCUT2D eigenvalue weighted by molar-refractivity contribution is 5.78. The van der Waals surface area contributed by atoms with Crippen LogP contribution in [0.15, 0.2) is 0 Å². The van der Waals surface area contributed by atoms with Gasteiger partial charge in [0.15, 0.2) is 0 Å². The average molecular weight is 258 g/mol. The molecule has 0 aliphatic carbocycles. The van der Waals surface area contributed by atoms with E-state index in [1.54, 1.807) is 6.92 Å². The van der Waals surface area contributed by atoms with E-state index in [2.05, 4.69) is 26.1 Å². The van der Waals surface area contributed by atoms with Crippen molar-refractivity contribution in [1.82, 2.24) is 10.2 Å². The van der Waals surface area contributed by atoms with Gasteiger partial charge in [-0.1, -0.05) is 13.8 Å². The predicted molar refractivity (Wildman–Crippen MR) is 75.5 cm³/mol. The van der Waals surface area contributed by atoms with Crippen molar-refractivity contribution in [3.63, 3.8) is 0 Å². The number of nitrogens with one attached hydrogen (secondary N) is 1. The molecule has 0 saturated heterocycles. The van der Waals surface area contributed by atoms with Crippen LogP contribution in [-0.4, -0.2) is 48.2 Å². The van der Waals surface area contributed by atoms with Crippen LogP contribution in [-0.2, 0) is 4.79 Å². The fraction of sp³-hybridized carbons (Fsp3) is 0.929. The molecule has 0 aromatic carbocycles. The number of amides is 1. The van der Waals surface area contributed by atoms with Gasteiger partial charge in [-0.25, -0.2) is 0 Å². The minimum absolute atomic E-state index is 0.0688. The summed E-state index contributed by atoms with van der Waals surface area (Å²) in [6.07, 6.45) is 2.56. The van der Waals surface area contributed by atoms with Crippen molar-refractivity contribution < 1.29 is 9.90 Å². The second kappa shape index (κ2) is 9.34. The summed E-state index contributed by atoms with van der Waals surface area (Å²) >= 11 is 0. The molecule has 2 unspecified atom stereocenters. The molecule has 0 radical (unpaired) electrons. The van der Waals surface area contributed by atoms with Crippen molar-refractivity contribution in [2.45, 2.75) is 59.1 Å². The number of hydrogen-bond donors (Lipinski definition) is 2. The summed E-state index contributed by atoms with van der Waals surface area (Å²) in [7, 11) is 1.90. The van der Waals surface area contributed by atoms with E-state index in [1.807, 2.05) is 11.9 Å². The molecule has 18 heavy (non-hydrogen) atoms. The highest BCUT2D eigenvalue weighted by atomic mass is 16.3. The minimum atomic E-state index is -0.305. The van der Waals surface area contributed by atoms with E-state index in [1.165, 1.54) is 0 Å². The Bertz CT molecular complexity index is 208. The van der Waals surface area contributed by atoms with Gasteiger partial charge in [-0.3, -0.25) is 9.69 Å². The number of nitrogens with zero attached hydrogens (tertiary/aromatic N) is 1. The second-order valence-corrected chi connectivity index (χ2v) is 5.82. The summed E-state index contributed by atoms with van der Waals surface area (Å²) in [6, 6.07) is 0.241. The molecule has 4 nitrogen and oxygen atoms in total. The highest BCUT2D eigenvalue weighted by Gasteiger charge is 2.10. The molecule has 0 aromatic rings. The van der Waals surface area contributed by atoms with Gasteiger partial charge in [0.05, 0.1) is 12.6 Å². The molecule has 2 N–H and O–H groups in total. The highest BCUT2D eigenvalue weighted by Crippen LogP contribution is 2.06. The Morgan fingerprint density at radius 1 is 1.17 bits per heavy atom. The van der Waals surface area contributed by atoms with E-state index in [4.69, 9.17) is 0 Å². The van der Waals surface area contributed by atoms with Gasteiger partial charge in [0.2, 0.25) is 5.91 Å². The molecule has 2 atom stereocenters. The van der Waals surface area contributed by atoms with Crippen LogP contribution in [0.1, 0.15) is 47.0 Å². The van der Waals surface area contributed by atoms with E-state index in [0.717, 1.165) is 19.4 Å². The lowest BCUT2D eigenvalue weighted by Crippen LogP contribution is -2.40. The minimum Gasteiger partial charge on any atom is -0.393 e. The first-order valence-corrected chi connectivity index (χ1v) is 6.97. The summed E-state index contributed by atoms with van der Waals surface area (Å²) < 4.78 is 0. The summed E-state index contributed by atoms with van der Waals surface area (Å²) in [4.78, 5) is 13.7. The van der Waals surface area contributed by atoms with Gasteiger partial charge in [0.1, 0.15) is 0 Å². The number of aliphatic hydroxyl groups excluding tert-OH is 1. The van der Waals surface area contributed by atoms with Gasteiger partial charge in [-0.05, 0) is 46.1 Å². The number of carbonyl (C=O) groups excluding carboxylic acids is 1. The summed E-state index contributed by atoms with van der Waals surface area (Å²) in [5.74, 6) is 0.748. The van der Waals surface area contributed by atoms with Crippen molar-refractivity contribution in [2.75, 3.05) is 20.1 Å². The largest absolute Gasteiger partial charge is 0.393 e. The fourth-order valence-corrected chi connectivity index (χ4v) is 1.71.